The number of ether oxygens (including phenoxy) is 1. The van der Waals surface area contributed by atoms with E-state index in [1.54, 1.807) is 0 Å². The quantitative estimate of drug-likeness (QED) is 0.447. The second-order valence-electron chi connectivity index (χ2n) is 6.51. The number of rotatable bonds is 6. The van der Waals surface area contributed by atoms with E-state index >= 15 is 0 Å². The number of aromatic hydroxyl groups is 2. The molecule has 0 saturated carbocycles. The summed E-state index contributed by atoms with van der Waals surface area (Å²) in [5.74, 6) is -1.47. The SMILES string of the molecule is O=C(NCC1CCOC1)c1cc(Cl)cc(NS(=O)(=O)c2cc(Br)ccc2O)c1O. The second kappa shape index (κ2) is 8.78. The van der Waals surface area contributed by atoms with Crippen LogP contribution in [0.4, 0.5) is 5.69 Å². The zero-order chi connectivity index (χ0) is 21.2. The summed E-state index contributed by atoms with van der Waals surface area (Å²) < 4.78 is 33.2. The summed E-state index contributed by atoms with van der Waals surface area (Å²) in [6, 6.07) is 6.30. The number of phenols is 2. The highest BCUT2D eigenvalue weighted by Crippen LogP contribution is 2.35. The molecule has 3 rings (SSSR count). The lowest BCUT2D eigenvalue weighted by molar-refractivity contribution is 0.0942. The number of anilines is 1. The molecular weight excluding hydrogens is 488 g/mol. The highest BCUT2D eigenvalue weighted by molar-refractivity contribution is 9.10. The predicted molar refractivity (Wildman–Crippen MR) is 111 cm³/mol. The summed E-state index contributed by atoms with van der Waals surface area (Å²) in [5.41, 5.74) is -0.459. The van der Waals surface area contributed by atoms with Crippen LogP contribution in [-0.2, 0) is 14.8 Å². The average Bonchev–Trinajstić information content (AvgIpc) is 3.17. The van der Waals surface area contributed by atoms with Crippen LogP contribution in [0.1, 0.15) is 16.8 Å². The Morgan fingerprint density at radius 3 is 2.72 bits per heavy atom. The molecule has 4 N–H and O–H groups in total. The highest BCUT2D eigenvalue weighted by Gasteiger charge is 2.24. The van der Waals surface area contributed by atoms with Crippen molar-refractivity contribution >= 4 is 49.1 Å². The number of benzene rings is 2. The van der Waals surface area contributed by atoms with E-state index in [1.165, 1.54) is 30.3 Å². The standard InChI is InChI=1S/C18H18BrClN2O6S/c19-11-1-2-15(23)16(5-11)29(26,27)22-14-7-12(20)6-13(17(14)24)18(25)21-8-10-3-4-28-9-10/h1-2,5-7,10,22-24H,3-4,8-9H2,(H,21,25). The average molecular weight is 506 g/mol. The van der Waals surface area contributed by atoms with Crippen LogP contribution in [0.25, 0.3) is 0 Å². The molecule has 0 aliphatic carbocycles. The van der Waals surface area contributed by atoms with Crippen LogP contribution in [0.5, 0.6) is 11.5 Å². The van der Waals surface area contributed by atoms with Crippen molar-refractivity contribution in [3.05, 3.63) is 45.4 Å². The van der Waals surface area contributed by atoms with Crippen molar-refractivity contribution in [2.75, 3.05) is 24.5 Å². The Balaban J connectivity index is 1.86. The summed E-state index contributed by atoms with van der Waals surface area (Å²) >= 11 is 9.16. The minimum absolute atomic E-state index is 0.0494. The lowest BCUT2D eigenvalue weighted by atomic mass is 10.1. The predicted octanol–water partition coefficient (Wildman–Crippen LogP) is 3.08. The normalized spacial score (nSPS) is 16.6. The van der Waals surface area contributed by atoms with Gasteiger partial charge in [-0.15, -0.1) is 0 Å². The molecule has 156 valence electrons. The van der Waals surface area contributed by atoms with Gasteiger partial charge in [0, 0.05) is 28.6 Å². The molecule has 2 aromatic rings. The first-order valence-electron chi connectivity index (χ1n) is 8.57. The van der Waals surface area contributed by atoms with Gasteiger partial charge in [0.2, 0.25) is 0 Å². The molecule has 29 heavy (non-hydrogen) atoms. The lowest BCUT2D eigenvalue weighted by Crippen LogP contribution is -2.29. The Bertz CT molecular complexity index is 1040. The number of carbonyl (C=O) groups excluding carboxylic acids is 1. The van der Waals surface area contributed by atoms with Crippen molar-refractivity contribution in [3.63, 3.8) is 0 Å². The third kappa shape index (κ3) is 5.13. The number of halogens is 2. The van der Waals surface area contributed by atoms with Crippen molar-refractivity contribution < 1.29 is 28.2 Å². The monoisotopic (exact) mass is 504 g/mol. The number of nitrogens with one attached hydrogen (secondary N) is 2. The van der Waals surface area contributed by atoms with Crippen LogP contribution >= 0.6 is 27.5 Å². The summed E-state index contributed by atoms with van der Waals surface area (Å²) in [6.07, 6.45) is 0.822. The molecule has 1 aliphatic heterocycles. The molecule has 0 aromatic heterocycles. The maximum atomic E-state index is 12.7. The fourth-order valence-electron chi connectivity index (χ4n) is 2.83. The van der Waals surface area contributed by atoms with Gasteiger partial charge < -0.3 is 20.3 Å². The van der Waals surface area contributed by atoms with E-state index in [9.17, 15) is 23.4 Å². The molecule has 1 amide bonds. The van der Waals surface area contributed by atoms with E-state index < -0.39 is 32.3 Å². The Labute approximate surface area is 181 Å². The van der Waals surface area contributed by atoms with Gasteiger partial charge >= 0.3 is 0 Å². The van der Waals surface area contributed by atoms with E-state index in [2.05, 4.69) is 26.0 Å². The van der Waals surface area contributed by atoms with Gasteiger partial charge in [0.05, 0.1) is 17.9 Å². The minimum Gasteiger partial charge on any atom is -0.507 e. The number of phenolic OH excluding ortho intramolecular Hbond substituents is 2. The van der Waals surface area contributed by atoms with E-state index in [0.29, 0.717) is 24.2 Å². The summed E-state index contributed by atoms with van der Waals surface area (Å²) in [4.78, 5) is 12.1. The van der Waals surface area contributed by atoms with Gasteiger partial charge in [-0.05, 0) is 36.8 Å². The van der Waals surface area contributed by atoms with E-state index in [1.807, 2.05) is 0 Å². The van der Waals surface area contributed by atoms with Gasteiger partial charge in [0.15, 0.2) is 5.75 Å². The van der Waals surface area contributed by atoms with Crippen LogP contribution in [0.3, 0.4) is 0 Å². The second-order valence-corrected chi connectivity index (χ2v) is 9.51. The Kier molecular flexibility index (Phi) is 6.57. The third-order valence-electron chi connectivity index (χ3n) is 4.35. The van der Waals surface area contributed by atoms with Gasteiger partial charge in [-0.2, -0.15) is 0 Å². The largest absolute Gasteiger partial charge is 0.507 e. The van der Waals surface area contributed by atoms with Crippen molar-refractivity contribution in [2.24, 2.45) is 5.92 Å². The molecule has 1 heterocycles. The summed E-state index contributed by atoms with van der Waals surface area (Å²) in [5, 5.41) is 23.1. The van der Waals surface area contributed by atoms with E-state index in [4.69, 9.17) is 16.3 Å². The van der Waals surface area contributed by atoms with Gasteiger partial charge in [0.1, 0.15) is 10.6 Å². The molecule has 2 aromatic carbocycles. The van der Waals surface area contributed by atoms with Gasteiger partial charge in [0.25, 0.3) is 15.9 Å². The molecule has 1 saturated heterocycles. The lowest BCUT2D eigenvalue weighted by Gasteiger charge is -2.15. The smallest absolute Gasteiger partial charge is 0.265 e. The van der Waals surface area contributed by atoms with Crippen LogP contribution in [0, 0.1) is 5.92 Å². The highest BCUT2D eigenvalue weighted by atomic mass is 79.9. The number of sulfonamides is 1. The zero-order valence-electron chi connectivity index (χ0n) is 15.0. The maximum absolute atomic E-state index is 12.7. The van der Waals surface area contributed by atoms with Crippen LogP contribution < -0.4 is 10.0 Å². The molecule has 11 heteroatoms. The fraction of sp³-hybridized carbons (Fsp3) is 0.278. The van der Waals surface area contributed by atoms with Crippen LogP contribution in [0.2, 0.25) is 5.02 Å². The molecule has 0 radical (unpaired) electrons. The third-order valence-corrected chi connectivity index (χ3v) is 6.46. The molecule has 0 bridgehead atoms. The minimum atomic E-state index is -4.27. The van der Waals surface area contributed by atoms with Gasteiger partial charge in [-0.25, -0.2) is 8.42 Å². The Morgan fingerprint density at radius 1 is 1.28 bits per heavy atom. The van der Waals surface area contributed by atoms with Gasteiger partial charge in [-0.1, -0.05) is 27.5 Å². The topological polar surface area (TPSA) is 125 Å². The molecule has 1 atom stereocenters. The Hall–Kier alpha value is -2.01. The number of carbonyl (C=O) groups is 1. The van der Waals surface area contributed by atoms with Crippen LogP contribution in [0.15, 0.2) is 39.7 Å². The van der Waals surface area contributed by atoms with Crippen LogP contribution in [-0.4, -0.2) is 44.3 Å². The van der Waals surface area contributed by atoms with Gasteiger partial charge in [-0.3, -0.25) is 9.52 Å². The molecule has 1 unspecified atom stereocenters. The van der Waals surface area contributed by atoms with E-state index in [0.717, 1.165) is 6.42 Å². The first-order chi connectivity index (χ1) is 13.7. The number of amides is 1. The van der Waals surface area contributed by atoms with Crippen molar-refractivity contribution in [1.29, 1.82) is 0 Å². The molecule has 0 spiro atoms. The first-order valence-corrected chi connectivity index (χ1v) is 11.2. The van der Waals surface area contributed by atoms with Crippen molar-refractivity contribution in [2.45, 2.75) is 11.3 Å². The first kappa shape index (κ1) is 21.7. The summed E-state index contributed by atoms with van der Waals surface area (Å²) in [7, 11) is -4.27. The summed E-state index contributed by atoms with van der Waals surface area (Å²) in [6.45, 7) is 1.54. The Morgan fingerprint density at radius 2 is 2.03 bits per heavy atom. The molecule has 8 nitrogen and oxygen atoms in total. The van der Waals surface area contributed by atoms with Crippen molar-refractivity contribution in [1.82, 2.24) is 5.32 Å². The van der Waals surface area contributed by atoms with E-state index in [-0.39, 0.29) is 22.2 Å². The van der Waals surface area contributed by atoms with Crippen molar-refractivity contribution in [3.8, 4) is 11.5 Å². The number of hydrogen-bond donors (Lipinski definition) is 4. The molecule has 1 fully saturated rings. The number of hydrogen-bond acceptors (Lipinski definition) is 6. The fourth-order valence-corrected chi connectivity index (χ4v) is 4.74. The maximum Gasteiger partial charge on any atom is 0.265 e. The molecular formula is C18H18BrClN2O6S. The molecule has 1 aliphatic rings. The zero-order valence-corrected chi connectivity index (χ0v) is 18.1.